The number of nitrogens with one attached hydrogen (secondary N) is 2. The Morgan fingerprint density at radius 3 is 2.59 bits per heavy atom. The Bertz CT molecular complexity index is 669. The lowest BCUT2D eigenvalue weighted by molar-refractivity contribution is 0.0931. The van der Waals surface area contributed by atoms with Crippen molar-refractivity contribution >= 4 is 29.9 Å². The van der Waals surface area contributed by atoms with E-state index in [2.05, 4.69) is 39.8 Å². The molecular weight excluding hydrogens is 455 g/mol. The van der Waals surface area contributed by atoms with Gasteiger partial charge in [0, 0.05) is 25.7 Å². The molecule has 0 saturated carbocycles. The molecule has 0 spiro atoms. The number of rotatable bonds is 9. The summed E-state index contributed by atoms with van der Waals surface area (Å²) < 4.78 is 11.0. The van der Waals surface area contributed by atoms with Crippen molar-refractivity contribution in [1.82, 2.24) is 15.8 Å². The van der Waals surface area contributed by atoms with Crippen LogP contribution in [0.2, 0.25) is 0 Å². The second kappa shape index (κ2) is 12.7. The van der Waals surface area contributed by atoms with Crippen LogP contribution in [0.25, 0.3) is 0 Å². The Balaban J connectivity index is 0.00000364. The molecule has 1 aromatic heterocycles. The van der Waals surface area contributed by atoms with Gasteiger partial charge in [0.15, 0.2) is 5.96 Å². The van der Waals surface area contributed by atoms with Crippen molar-refractivity contribution in [3.05, 3.63) is 52.9 Å². The summed E-state index contributed by atoms with van der Waals surface area (Å²) in [6.45, 7) is 9.01. The second-order valence-electron chi connectivity index (χ2n) is 6.54. The number of aromatic nitrogens is 1. The highest BCUT2D eigenvalue weighted by Gasteiger charge is 2.09. The summed E-state index contributed by atoms with van der Waals surface area (Å²) in [4.78, 5) is 4.27. The van der Waals surface area contributed by atoms with E-state index in [0.717, 1.165) is 42.5 Å². The van der Waals surface area contributed by atoms with Gasteiger partial charge in [0.1, 0.15) is 5.76 Å². The average molecular weight is 486 g/mol. The van der Waals surface area contributed by atoms with Crippen LogP contribution in [0.3, 0.4) is 0 Å². The standard InChI is InChI=1S/C20H30N4O2.HI/c1-15(13-25-14-18-8-6-5-7-9-18)12-23-20(21-4)22-11-10-19-16(2)24-26-17(19)3;/h5-9,15H,10-14H2,1-4H3,(H2,21,22,23);1H. The first-order valence-electron chi connectivity index (χ1n) is 9.08. The van der Waals surface area contributed by atoms with Crippen LogP contribution in [0.4, 0.5) is 0 Å². The van der Waals surface area contributed by atoms with E-state index in [0.29, 0.717) is 19.1 Å². The monoisotopic (exact) mass is 486 g/mol. The minimum Gasteiger partial charge on any atom is -0.376 e. The zero-order valence-corrected chi connectivity index (χ0v) is 18.9. The van der Waals surface area contributed by atoms with Gasteiger partial charge in [-0.2, -0.15) is 0 Å². The zero-order valence-electron chi connectivity index (χ0n) is 16.6. The Kier molecular flexibility index (Phi) is 11.0. The Hall–Kier alpha value is -1.61. The number of ether oxygens (including phenoxy) is 1. The van der Waals surface area contributed by atoms with E-state index in [9.17, 15) is 0 Å². The SMILES string of the molecule is CN=C(NCCc1c(C)noc1C)NCC(C)COCc1ccccc1.I. The molecule has 2 rings (SSSR count). The van der Waals surface area contributed by atoms with Gasteiger partial charge in [-0.15, -0.1) is 24.0 Å². The molecule has 150 valence electrons. The highest BCUT2D eigenvalue weighted by Crippen LogP contribution is 2.12. The maximum absolute atomic E-state index is 5.79. The molecule has 0 radical (unpaired) electrons. The van der Waals surface area contributed by atoms with Crippen LogP contribution >= 0.6 is 24.0 Å². The van der Waals surface area contributed by atoms with Crippen LogP contribution in [0.5, 0.6) is 0 Å². The smallest absolute Gasteiger partial charge is 0.190 e. The first-order valence-corrected chi connectivity index (χ1v) is 9.08. The molecule has 1 unspecified atom stereocenters. The molecule has 2 N–H and O–H groups in total. The van der Waals surface area contributed by atoms with Gasteiger partial charge in [0.2, 0.25) is 0 Å². The maximum atomic E-state index is 5.79. The number of halogens is 1. The number of benzene rings is 1. The van der Waals surface area contributed by atoms with E-state index in [1.807, 2.05) is 32.0 Å². The molecule has 27 heavy (non-hydrogen) atoms. The van der Waals surface area contributed by atoms with Crippen molar-refractivity contribution in [3.8, 4) is 0 Å². The van der Waals surface area contributed by atoms with Gasteiger partial charge in [0.25, 0.3) is 0 Å². The van der Waals surface area contributed by atoms with Gasteiger partial charge in [-0.25, -0.2) is 0 Å². The van der Waals surface area contributed by atoms with Crippen molar-refractivity contribution in [3.63, 3.8) is 0 Å². The molecule has 1 heterocycles. The molecule has 1 atom stereocenters. The Morgan fingerprint density at radius 2 is 1.96 bits per heavy atom. The van der Waals surface area contributed by atoms with Crippen molar-refractivity contribution in [2.24, 2.45) is 10.9 Å². The number of aliphatic imine (C=N–C) groups is 1. The molecule has 2 aromatic rings. The molecule has 0 aliphatic carbocycles. The summed E-state index contributed by atoms with van der Waals surface area (Å²) in [5.74, 6) is 2.07. The highest BCUT2D eigenvalue weighted by molar-refractivity contribution is 14.0. The third kappa shape index (κ3) is 8.30. The van der Waals surface area contributed by atoms with Gasteiger partial charge in [-0.1, -0.05) is 42.4 Å². The number of hydrogen-bond acceptors (Lipinski definition) is 4. The van der Waals surface area contributed by atoms with E-state index >= 15 is 0 Å². The van der Waals surface area contributed by atoms with Crippen molar-refractivity contribution in [2.45, 2.75) is 33.8 Å². The number of hydrogen-bond donors (Lipinski definition) is 2. The third-order valence-electron chi connectivity index (χ3n) is 4.20. The molecule has 6 nitrogen and oxygen atoms in total. The zero-order chi connectivity index (χ0) is 18.8. The van der Waals surface area contributed by atoms with Gasteiger partial charge in [0.05, 0.1) is 18.9 Å². The molecule has 0 amide bonds. The summed E-state index contributed by atoms with van der Waals surface area (Å²) >= 11 is 0. The minimum absolute atomic E-state index is 0. The predicted octanol–water partition coefficient (Wildman–Crippen LogP) is 3.47. The van der Waals surface area contributed by atoms with Crippen molar-refractivity contribution < 1.29 is 9.26 Å². The first kappa shape index (κ1) is 23.4. The predicted molar refractivity (Wildman–Crippen MR) is 120 cm³/mol. The van der Waals surface area contributed by atoms with E-state index in [1.165, 1.54) is 5.56 Å². The number of nitrogens with zero attached hydrogens (tertiary/aromatic N) is 2. The molecule has 0 bridgehead atoms. The van der Waals surface area contributed by atoms with Crippen LogP contribution in [0.1, 0.15) is 29.5 Å². The van der Waals surface area contributed by atoms with Gasteiger partial charge < -0.3 is 19.9 Å². The minimum atomic E-state index is 0. The first-order chi connectivity index (χ1) is 12.6. The lowest BCUT2D eigenvalue weighted by atomic mass is 10.1. The molecule has 7 heteroatoms. The molecule has 0 aliphatic rings. The van der Waals surface area contributed by atoms with E-state index in [-0.39, 0.29) is 24.0 Å². The molecule has 1 aromatic carbocycles. The van der Waals surface area contributed by atoms with Crippen LogP contribution in [-0.4, -0.2) is 37.9 Å². The summed E-state index contributed by atoms with van der Waals surface area (Å²) in [5.41, 5.74) is 3.32. The van der Waals surface area contributed by atoms with Gasteiger partial charge in [-0.05, 0) is 31.7 Å². The van der Waals surface area contributed by atoms with Crippen LogP contribution in [0.15, 0.2) is 39.8 Å². The fourth-order valence-corrected chi connectivity index (χ4v) is 2.67. The summed E-state index contributed by atoms with van der Waals surface area (Å²) in [7, 11) is 1.78. The number of aryl methyl sites for hydroxylation is 2. The molecular formula is C20H31IN4O2. The fourth-order valence-electron chi connectivity index (χ4n) is 2.67. The number of guanidine groups is 1. The van der Waals surface area contributed by atoms with Crippen LogP contribution in [0, 0.1) is 19.8 Å². The van der Waals surface area contributed by atoms with E-state index in [1.54, 1.807) is 7.05 Å². The van der Waals surface area contributed by atoms with Crippen molar-refractivity contribution in [2.75, 3.05) is 26.7 Å². The third-order valence-corrected chi connectivity index (χ3v) is 4.20. The Morgan fingerprint density at radius 1 is 1.22 bits per heavy atom. The topological polar surface area (TPSA) is 71.7 Å². The van der Waals surface area contributed by atoms with Crippen LogP contribution < -0.4 is 10.6 Å². The lowest BCUT2D eigenvalue weighted by Gasteiger charge is -2.16. The highest BCUT2D eigenvalue weighted by atomic mass is 127. The normalized spacial score (nSPS) is 12.4. The fraction of sp³-hybridized carbons (Fsp3) is 0.500. The molecule has 0 saturated heterocycles. The van der Waals surface area contributed by atoms with Gasteiger partial charge >= 0.3 is 0 Å². The van der Waals surface area contributed by atoms with Crippen molar-refractivity contribution in [1.29, 1.82) is 0 Å². The Labute approximate surface area is 179 Å². The largest absolute Gasteiger partial charge is 0.376 e. The maximum Gasteiger partial charge on any atom is 0.190 e. The molecule has 0 fully saturated rings. The quantitative estimate of drug-likeness (QED) is 0.323. The molecule has 0 aliphatic heterocycles. The average Bonchev–Trinajstić information content (AvgIpc) is 2.97. The second-order valence-corrected chi connectivity index (χ2v) is 6.54. The summed E-state index contributed by atoms with van der Waals surface area (Å²) in [5, 5.41) is 10.7. The van der Waals surface area contributed by atoms with Crippen LogP contribution in [-0.2, 0) is 17.8 Å². The summed E-state index contributed by atoms with van der Waals surface area (Å²) in [6.07, 6.45) is 0.859. The lowest BCUT2D eigenvalue weighted by Crippen LogP contribution is -2.40. The van der Waals surface area contributed by atoms with E-state index < -0.39 is 0 Å². The van der Waals surface area contributed by atoms with E-state index in [4.69, 9.17) is 9.26 Å². The summed E-state index contributed by atoms with van der Waals surface area (Å²) in [6, 6.07) is 10.2. The van der Waals surface area contributed by atoms with Gasteiger partial charge in [-0.3, -0.25) is 4.99 Å².